The van der Waals surface area contributed by atoms with Crippen molar-refractivity contribution in [2.45, 2.75) is 58.2 Å². The lowest BCUT2D eigenvalue weighted by Crippen LogP contribution is -2.52. The molecule has 0 radical (unpaired) electrons. The van der Waals surface area contributed by atoms with Gasteiger partial charge in [-0.2, -0.15) is 0 Å². The first-order valence-corrected chi connectivity index (χ1v) is 11.0. The van der Waals surface area contributed by atoms with Gasteiger partial charge >= 0.3 is 6.09 Å². The van der Waals surface area contributed by atoms with Gasteiger partial charge < -0.3 is 9.64 Å². The van der Waals surface area contributed by atoms with E-state index in [1.165, 1.54) is 17.0 Å². The van der Waals surface area contributed by atoms with Gasteiger partial charge in [0, 0.05) is 23.2 Å². The normalized spacial score (nSPS) is 17.9. The summed E-state index contributed by atoms with van der Waals surface area (Å²) in [4.78, 5) is 50.0. The van der Waals surface area contributed by atoms with Crippen LogP contribution in [0.4, 0.5) is 14.9 Å². The molecule has 4 rings (SSSR count). The summed E-state index contributed by atoms with van der Waals surface area (Å²) in [6, 6.07) is 9.27. The molecule has 1 unspecified atom stereocenters. The lowest BCUT2D eigenvalue weighted by Gasteiger charge is -2.29. The smallest absolute Gasteiger partial charge is 0.411 e. The molecule has 0 saturated carbocycles. The molecule has 178 valence electrons. The summed E-state index contributed by atoms with van der Waals surface area (Å²) in [6.45, 7) is 5.90. The van der Waals surface area contributed by atoms with Crippen LogP contribution in [-0.4, -0.2) is 34.8 Å². The van der Waals surface area contributed by atoms with Crippen molar-refractivity contribution in [1.82, 2.24) is 10.2 Å². The van der Waals surface area contributed by atoms with Crippen molar-refractivity contribution >= 4 is 29.5 Å². The second-order valence-corrected chi connectivity index (χ2v) is 9.54. The van der Waals surface area contributed by atoms with Gasteiger partial charge in [-0.1, -0.05) is 32.9 Å². The Hall–Kier alpha value is -3.75. The highest BCUT2D eigenvalue weighted by Gasteiger charge is 2.40. The molecule has 4 amide bonds. The Balaban J connectivity index is 1.42. The van der Waals surface area contributed by atoms with Crippen LogP contribution in [0.25, 0.3) is 0 Å². The van der Waals surface area contributed by atoms with Crippen molar-refractivity contribution in [3.8, 4) is 0 Å². The number of benzene rings is 2. The van der Waals surface area contributed by atoms with Gasteiger partial charge in [0.1, 0.15) is 18.5 Å². The Morgan fingerprint density at radius 2 is 1.97 bits per heavy atom. The van der Waals surface area contributed by atoms with Crippen LogP contribution >= 0.6 is 0 Å². The number of imide groups is 1. The molecule has 1 atom stereocenters. The zero-order chi connectivity index (χ0) is 24.6. The maximum Gasteiger partial charge on any atom is 0.411 e. The maximum atomic E-state index is 14.8. The minimum atomic E-state index is -0.827. The Bertz CT molecular complexity index is 1190. The van der Waals surface area contributed by atoms with E-state index in [-0.39, 0.29) is 48.4 Å². The van der Waals surface area contributed by atoms with E-state index in [1.54, 1.807) is 6.07 Å². The number of amides is 4. The topological polar surface area (TPSA) is 105 Å². The molecule has 0 aliphatic carbocycles. The molecule has 9 heteroatoms. The van der Waals surface area contributed by atoms with E-state index in [0.29, 0.717) is 11.3 Å². The highest BCUT2D eigenvalue weighted by molar-refractivity contribution is 6.05. The first-order valence-electron chi connectivity index (χ1n) is 11.0. The van der Waals surface area contributed by atoms with E-state index < -0.39 is 29.8 Å². The summed E-state index contributed by atoms with van der Waals surface area (Å²) in [5, 5.41) is 4.87. The fraction of sp³-hybridized carbons (Fsp3) is 0.360. The average molecular weight is 467 g/mol. The molecule has 0 spiro atoms. The quantitative estimate of drug-likeness (QED) is 0.668. The lowest BCUT2D eigenvalue weighted by atomic mass is 9.87. The van der Waals surface area contributed by atoms with Gasteiger partial charge in [-0.3, -0.25) is 25.0 Å². The van der Waals surface area contributed by atoms with Crippen LogP contribution in [0.1, 0.15) is 60.7 Å². The first-order chi connectivity index (χ1) is 16.0. The number of nitrogens with zero attached hydrogens (tertiary/aromatic N) is 1. The monoisotopic (exact) mass is 467 g/mol. The summed E-state index contributed by atoms with van der Waals surface area (Å²) >= 11 is 0. The van der Waals surface area contributed by atoms with Gasteiger partial charge in [0.25, 0.3) is 5.91 Å². The second kappa shape index (κ2) is 8.89. The summed E-state index contributed by atoms with van der Waals surface area (Å²) in [7, 11) is 0. The van der Waals surface area contributed by atoms with Crippen LogP contribution in [0.3, 0.4) is 0 Å². The van der Waals surface area contributed by atoms with Gasteiger partial charge in [-0.25, -0.2) is 9.18 Å². The van der Waals surface area contributed by atoms with Crippen molar-refractivity contribution in [3.63, 3.8) is 0 Å². The molecule has 8 nitrogen and oxygen atoms in total. The van der Waals surface area contributed by atoms with E-state index in [4.69, 9.17) is 4.74 Å². The fourth-order valence-electron chi connectivity index (χ4n) is 4.12. The number of anilines is 1. The third kappa shape index (κ3) is 4.78. The summed E-state index contributed by atoms with van der Waals surface area (Å²) in [6.07, 6.45) is -0.395. The predicted octanol–water partition coefficient (Wildman–Crippen LogP) is 3.63. The van der Waals surface area contributed by atoms with Crippen LogP contribution in [0.2, 0.25) is 0 Å². The molecule has 2 N–H and O–H groups in total. The van der Waals surface area contributed by atoms with Crippen molar-refractivity contribution in [3.05, 3.63) is 64.5 Å². The minimum Gasteiger partial charge on any atom is -0.444 e. The Morgan fingerprint density at radius 3 is 2.68 bits per heavy atom. The molecule has 0 aromatic heterocycles. The van der Waals surface area contributed by atoms with E-state index >= 15 is 0 Å². The van der Waals surface area contributed by atoms with Crippen molar-refractivity contribution < 1.29 is 28.3 Å². The third-order valence-electron chi connectivity index (χ3n) is 6.01. The van der Waals surface area contributed by atoms with Crippen LogP contribution in [0.15, 0.2) is 36.4 Å². The van der Waals surface area contributed by atoms with Gasteiger partial charge in [-0.05, 0) is 47.2 Å². The molecule has 0 bridgehead atoms. The highest BCUT2D eigenvalue weighted by atomic mass is 19.1. The van der Waals surface area contributed by atoms with Crippen molar-refractivity contribution in [2.24, 2.45) is 0 Å². The Kier molecular flexibility index (Phi) is 6.12. The predicted molar refractivity (Wildman–Crippen MR) is 121 cm³/mol. The molecule has 34 heavy (non-hydrogen) atoms. The molecular formula is C25H26FN3O5. The van der Waals surface area contributed by atoms with Gasteiger partial charge in [0.15, 0.2) is 0 Å². The van der Waals surface area contributed by atoms with E-state index in [2.05, 4.69) is 31.4 Å². The van der Waals surface area contributed by atoms with Gasteiger partial charge in [0.05, 0.1) is 6.54 Å². The number of ether oxygens (including phenoxy) is 1. The van der Waals surface area contributed by atoms with Crippen LogP contribution in [-0.2, 0) is 32.9 Å². The number of nitrogens with one attached hydrogen (secondary N) is 2. The average Bonchev–Trinajstić information content (AvgIpc) is 3.09. The maximum absolute atomic E-state index is 14.8. The summed E-state index contributed by atoms with van der Waals surface area (Å²) in [5.41, 5.74) is 2.16. The molecule has 2 heterocycles. The van der Waals surface area contributed by atoms with Gasteiger partial charge in [0.2, 0.25) is 11.8 Å². The zero-order valence-corrected chi connectivity index (χ0v) is 19.2. The molecular weight excluding hydrogens is 441 g/mol. The van der Waals surface area contributed by atoms with E-state index in [0.717, 1.165) is 5.56 Å². The fourth-order valence-corrected chi connectivity index (χ4v) is 4.12. The molecule has 2 aromatic carbocycles. The number of piperidine rings is 1. The number of hydrogen-bond donors (Lipinski definition) is 2. The number of fused-ring (bicyclic) bond motifs is 1. The molecule has 1 fully saturated rings. The van der Waals surface area contributed by atoms with Crippen molar-refractivity contribution in [2.75, 3.05) is 5.32 Å². The zero-order valence-electron chi connectivity index (χ0n) is 19.2. The number of hydrogen-bond acceptors (Lipinski definition) is 5. The first kappa shape index (κ1) is 23.4. The van der Waals surface area contributed by atoms with E-state index in [9.17, 15) is 23.6 Å². The summed E-state index contributed by atoms with van der Waals surface area (Å²) in [5.74, 6) is -2.06. The molecule has 2 aromatic rings. The number of carbonyl (C=O) groups excluding carboxylic acids is 4. The van der Waals surface area contributed by atoms with Crippen LogP contribution < -0.4 is 10.6 Å². The number of rotatable bonds is 4. The van der Waals surface area contributed by atoms with Crippen LogP contribution in [0, 0.1) is 5.82 Å². The Labute approximate surface area is 196 Å². The second-order valence-electron chi connectivity index (χ2n) is 9.54. The number of carbonyl (C=O) groups is 4. The van der Waals surface area contributed by atoms with Crippen LogP contribution in [0.5, 0.6) is 0 Å². The van der Waals surface area contributed by atoms with E-state index in [1.807, 2.05) is 18.2 Å². The lowest BCUT2D eigenvalue weighted by molar-refractivity contribution is -0.136. The van der Waals surface area contributed by atoms with Gasteiger partial charge in [-0.15, -0.1) is 0 Å². The standard InChI is InChI=1S/C25H26FN3O5/c1-25(2,3)15-5-4-6-16(11-15)27-24(33)34-13-14-9-17-18(19(26)10-14)12-29(23(17)32)20-7-8-21(30)28-22(20)31/h4-6,9-11,20H,7-8,12-13H2,1-3H3,(H,27,33)(H,28,30,31). The number of halogens is 1. The Morgan fingerprint density at radius 1 is 1.21 bits per heavy atom. The van der Waals surface area contributed by atoms with Crippen molar-refractivity contribution in [1.29, 1.82) is 0 Å². The minimum absolute atomic E-state index is 0.0575. The molecule has 2 aliphatic rings. The summed E-state index contributed by atoms with van der Waals surface area (Å²) < 4.78 is 20.0. The SMILES string of the molecule is CC(C)(C)c1cccc(NC(=O)OCc2cc(F)c3c(c2)C(=O)N(C2CCC(=O)NC2=O)C3)c1. The highest BCUT2D eigenvalue weighted by Crippen LogP contribution is 2.30. The largest absolute Gasteiger partial charge is 0.444 e. The molecule has 2 aliphatic heterocycles. The molecule has 1 saturated heterocycles. The third-order valence-corrected chi connectivity index (χ3v) is 6.01.